The predicted octanol–water partition coefficient (Wildman–Crippen LogP) is 0.608. The van der Waals surface area contributed by atoms with E-state index in [-0.39, 0.29) is 0 Å². The fraction of sp³-hybridized carbons (Fsp3) is 0.500. The molecule has 3 nitrogen and oxygen atoms in total. The van der Waals surface area contributed by atoms with Crippen LogP contribution >= 0.6 is 0 Å². The number of carbonyl (C=O) groups excluding carboxylic acids is 1. The number of carbonyl (C=O) groups is 1. The standard InChI is InChI=1S/C8H13NO2/c1-4-6(2)5-7(9)8(10)11-3/h7H,1,5,9H2,2-3H3. The van der Waals surface area contributed by atoms with Crippen molar-refractivity contribution in [3.8, 4) is 0 Å². The maximum atomic E-state index is 10.8. The molecule has 0 aliphatic carbocycles. The van der Waals surface area contributed by atoms with Crippen LogP contribution in [-0.4, -0.2) is 19.1 Å². The zero-order valence-corrected chi connectivity index (χ0v) is 6.89. The van der Waals surface area contributed by atoms with E-state index in [1.54, 1.807) is 0 Å². The van der Waals surface area contributed by atoms with E-state index in [2.05, 4.69) is 17.0 Å². The van der Waals surface area contributed by atoms with Gasteiger partial charge in [0.15, 0.2) is 0 Å². The van der Waals surface area contributed by atoms with Crippen molar-refractivity contribution in [2.45, 2.75) is 19.4 Å². The molecule has 0 aliphatic rings. The van der Waals surface area contributed by atoms with Crippen LogP contribution in [0.15, 0.2) is 17.9 Å². The van der Waals surface area contributed by atoms with Gasteiger partial charge < -0.3 is 10.5 Å². The lowest BCUT2D eigenvalue weighted by Crippen LogP contribution is -2.31. The first-order valence-corrected chi connectivity index (χ1v) is 3.30. The van der Waals surface area contributed by atoms with Gasteiger partial charge in [0, 0.05) is 6.42 Å². The molecule has 0 aromatic heterocycles. The number of nitrogens with two attached hydrogens (primary N) is 1. The summed E-state index contributed by atoms with van der Waals surface area (Å²) in [5.74, 6) is -0.403. The minimum atomic E-state index is -0.589. The van der Waals surface area contributed by atoms with Gasteiger partial charge in [-0.15, -0.1) is 5.73 Å². The number of methoxy groups -OCH3 is 1. The molecule has 11 heavy (non-hydrogen) atoms. The Kier molecular flexibility index (Phi) is 4.27. The van der Waals surface area contributed by atoms with Gasteiger partial charge in [-0.1, -0.05) is 6.58 Å². The summed E-state index contributed by atoms with van der Waals surface area (Å²) in [6.45, 7) is 5.24. The van der Waals surface area contributed by atoms with E-state index in [1.807, 2.05) is 6.92 Å². The molecule has 0 aromatic rings. The summed E-state index contributed by atoms with van der Waals surface area (Å²) in [6.07, 6.45) is 0.455. The van der Waals surface area contributed by atoms with Crippen molar-refractivity contribution in [2.24, 2.45) is 5.73 Å². The van der Waals surface area contributed by atoms with Crippen LogP contribution in [0.2, 0.25) is 0 Å². The first kappa shape index (κ1) is 9.95. The van der Waals surface area contributed by atoms with E-state index in [0.29, 0.717) is 6.42 Å². The van der Waals surface area contributed by atoms with Gasteiger partial charge >= 0.3 is 5.97 Å². The van der Waals surface area contributed by atoms with E-state index in [4.69, 9.17) is 5.73 Å². The maximum absolute atomic E-state index is 10.8. The zero-order chi connectivity index (χ0) is 8.85. The fourth-order valence-corrected chi connectivity index (χ4v) is 0.637. The second kappa shape index (κ2) is 4.72. The highest BCUT2D eigenvalue weighted by Gasteiger charge is 2.12. The number of hydrogen-bond donors (Lipinski definition) is 1. The summed E-state index contributed by atoms with van der Waals surface area (Å²) in [6, 6.07) is -0.589. The smallest absolute Gasteiger partial charge is 0.322 e. The highest BCUT2D eigenvalue weighted by atomic mass is 16.5. The molecule has 2 N–H and O–H groups in total. The number of ether oxygens (including phenoxy) is 1. The highest BCUT2D eigenvalue weighted by Crippen LogP contribution is 2.01. The maximum Gasteiger partial charge on any atom is 0.322 e. The molecule has 0 radical (unpaired) electrons. The Bertz CT molecular complexity index is 192. The summed E-state index contributed by atoms with van der Waals surface area (Å²) in [5, 5.41) is 0. The molecule has 0 aromatic carbocycles. The van der Waals surface area contributed by atoms with Crippen molar-refractivity contribution in [3.63, 3.8) is 0 Å². The second-order valence-electron chi connectivity index (χ2n) is 2.29. The minimum Gasteiger partial charge on any atom is -0.468 e. The third-order valence-electron chi connectivity index (χ3n) is 1.33. The van der Waals surface area contributed by atoms with Gasteiger partial charge in [0.05, 0.1) is 7.11 Å². The van der Waals surface area contributed by atoms with Gasteiger partial charge in [-0.2, -0.15) is 0 Å². The Hall–Kier alpha value is -1.05. The Morgan fingerprint density at radius 3 is 2.73 bits per heavy atom. The monoisotopic (exact) mass is 155 g/mol. The Labute approximate surface area is 66.5 Å². The molecule has 3 heteroatoms. The molecule has 0 amide bonds. The SMILES string of the molecule is C=C=C(C)CC(N)C(=O)OC. The molecule has 0 aliphatic heterocycles. The Balaban J connectivity index is 3.97. The summed E-state index contributed by atoms with van der Waals surface area (Å²) >= 11 is 0. The van der Waals surface area contributed by atoms with E-state index < -0.39 is 12.0 Å². The van der Waals surface area contributed by atoms with Crippen LogP contribution in [0.25, 0.3) is 0 Å². The number of esters is 1. The van der Waals surface area contributed by atoms with Gasteiger partial charge in [0.1, 0.15) is 6.04 Å². The molecule has 0 spiro atoms. The van der Waals surface area contributed by atoms with Crippen LogP contribution in [0, 0.1) is 0 Å². The van der Waals surface area contributed by atoms with E-state index in [1.165, 1.54) is 7.11 Å². The summed E-state index contributed by atoms with van der Waals surface area (Å²) in [7, 11) is 1.31. The van der Waals surface area contributed by atoms with Crippen LogP contribution in [-0.2, 0) is 9.53 Å². The Morgan fingerprint density at radius 2 is 2.36 bits per heavy atom. The molecule has 0 heterocycles. The van der Waals surface area contributed by atoms with Gasteiger partial charge in [0.25, 0.3) is 0 Å². The van der Waals surface area contributed by atoms with Crippen LogP contribution in [0.4, 0.5) is 0 Å². The van der Waals surface area contributed by atoms with Crippen molar-refractivity contribution in [1.82, 2.24) is 0 Å². The molecule has 0 saturated carbocycles. The molecule has 0 bridgehead atoms. The van der Waals surface area contributed by atoms with Crippen LogP contribution < -0.4 is 5.73 Å². The van der Waals surface area contributed by atoms with Gasteiger partial charge in [-0.05, 0) is 12.5 Å². The number of rotatable bonds is 3. The normalized spacial score (nSPS) is 11.5. The lowest BCUT2D eigenvalue weighted by molar-refractivity contribution is -0.142. The van der Waals surface area contributed by atoms with Crippen molar-refractivity contribution in [2.75, 3.05) is 7.11 Å². The topological polar surface area (TPSA) is 52.3 Å². The molecule has 0 fully saturated rings. The second-order valence-corrected chi connectivity index (χ2v) is 2.29. The molecule has 1 unspecified atom stereocenters. The summed E-state index contributed by atoms with van der Waals surface area (Å²) in [4.78, 5) is 10.8. The van der Waals surface area contributed by atoms with Crippen LogP contribution in [0.5, 0.6) is 0 Å². The molecule has 62 valence electrons. The highest BCUT2D eigenvalue weighted by molar-refractivity contribution is 5.75. The van der Waals surface area contributed by atoms with E-state index in [9.17, 15) is 4.79 Å². The summed E-state index contributed by atoms with van der Waals surface area (Å²) in [5.41, 5.74) is 8.96. The van der Waals surface area contributed by atoms with Crippen molar-refractivity contribution >= 4 is 5.97 Å². The lowest BCUT2D eigenvalue weighted by atomic mass is 10.1. The van der Waals surface area contributed by atoms with E-state index >= 15 is 0 Å². The quantitative estimate of drug-likeness (QED) is 0.480. The lowest BCUT2D eigenvalue weighted by Gasteiger charge is -2.07. The largest absolute Gasteiger partial charge is 0.468 e. The van der Waals surface area contributed by atoms with Crippen molar-refractivity contribution in [3.05, 3.63) is 17.9 Å². The van der Waals surface area contributed by atoms with Crippen molar-refractivity contribution < 1.29 is 9.53 Å². The summed E-state index contributed by atoms with van der Waals surface area (Å²) < 4.78 is 4.43. The van der Waals surface area contributed by atoms with Crippen LogP contribution in [0.3, 0.4) is 0 Å². The molecule has 0 saturated heterocycles. The molecule has 1 atom stereocenters. The zero-order valence-electron chi connectivity index (χ0n) is 6.89. The third kappa shape index (κ3) is 3.61. The first-order valence-electron chi connectivity index (χ1n) is 3.30. The first-order chi connectivity index (χ1) is 5.11. The molecular weight excluding hydrogens is 142 g/mol. The Morgan fingerprint density at radius 1 is 1.82 bits per heavy atom. The van der Waals surface area contributed by atoms with E-state index in [0.717, 1.165) is 5.57 Å². The molecule has 0 rings (SSSR count). The molecular formula is C8H13NO2. The third-order valence-corrected chi connectivity index (χ3v) is 1.33. The van der Waals surface area contributed by atoms with Gasteiger partial charge in [0.2, 0.25) is 0 Å². The van der Waals surface area contributed by atoms with Gasteiger partial charge in [-0.3, -0.25) is 4.79 Å². The average Bonchev–Trinajstić information content (AvgIpc) is 2.02. The van der Waals surface area contributed by atoms with Crippen molar-refractivity contribution in [1.29, 1.82) is 0 Å². The predicted molar refractivity (Wildman–Crippen MR) is 42.9 cm³/mol. The fourth-order valence-electron chi connectivity index (χ4n) is 0.637. The number of hydrogen-bond acceptors (Lipinski definition) is 3. The average molecular weight is 155 g/mol. The minimum absolute atomic E-state index is 0.403. The van der Waals surface area contributed by atoms with Crippen LogP contribution in [0.1, 0.15) is 13.3 Å². The van der Waals surface area contributed by atoms with Gasteiger partial charge in [-0.25, -0.2) is 0 Å².